The van der Waals surface area contributed by atoms with Crippen LogP contribution in [0.15, 0.2) is 0 Å². The number of rotatable bonds is 4. The van der Waals surface area contributed by atoms with Crippen LogP contribution < -0.4 is 5.32 Å². The maximum Gasteiger partial charge on any atom is 0.0678 e. The molecule has 4 nitrogen and oxygen atoms in total. The Labute approximate surface area is 130 Å². The van der Waals surface area contributed by atoms with Crippen LogP contribution in [0.2, 0.25) is 0 Å². The molecule has 0 saturated carbocycles. The highest BCUT2D eigenvalue weighted by Crippen LogP contribution is 2.46. The molecule has 2 aliphatic heterocycles. The van der Waals surface area contributed by atoms with Crippen LogP contribution in [0, 0.1) is 5.92 Å². The van der Waals surface area contributed by atoms with Crippen molar-refractivity contribution in [1.29, 1.82) is 0 Å². The fraction of sp³-hybridized carbons (Fsp3) is 1.00. The van der Waals surface area contributed by atoms with Gasteiger partial charge in [0.25, 0.3) is 0 Å². The molecule has 124 valence electrons. The Balaban J connectivity index is 2.21. The Morgan fingerprint density at radius 1 is 1.14 bits per heavy atom. The summed E-state index contributed by atoms with van der Waals surface area (Å²) in [6.45, 7) is 17.4. The Kier molecular flexibility index (Phi) is 4.75. The Morgan fingerprint density at radius 2 is 1.71 bits per heavy atom. The molecule has 2 rings (SSSR count). The maximum absolute atomic E-state index is 6.33. The van der Waals surface area contributed by atoms with E-state index in [9.17, 15) is 0 Å². The zero-order valence-electron chi connectivity index (χ0n) is 15.0. The van der Waals surface area contributed by atoms with E-state index >= 15 is 0 Å². The summed E-state index contributed by atoms with van der Waals surface area (Å²) in [5.41, 5.74) is -0.0463. The summed E-state index contributed by atoms with van der Waals surface area (Å²) < 4.78 is 11.9. The van der Waals surface area contributed by atoms with Crippen LogP contribution in [-0.2, 0) is 9.47 Å². The first-order valence-corrected chi connectivity index (χ1v) is 8.30. The van der Waals surface area contributed by atoms with Gasteiger partial charge in [0.15, 0.2) is 0 Å². The van der Waals surface area contributed by atoms with Gasteiger partial charge in [-0.3, -0.25) is 4.90 Å². The molecule has 0 bridgehead atoms. The van der Waals surface area contributed by atoms with Gasteiger partial charge in [0.05, 0.1) is 24.4 Å². The van der Waals surface area contributed by atoms with Gasteiger partial charge < -0.3 is 14.8 Å². The van der Waals surface area contributed by atoms with Crippen LogP contribution in [0.1, 0.15) is 48.0 Å². The second-order valence-corrected chi connectivity index (χ2v) is 8.30. The Morgan fingerprint density at radius 3 is 2.14 bits per heavy atom. The number of nitrogens with one attached hydrogen (secondary N) is 1. The van der Waals surface area contributed by atoms with Crippen molar-refractivity contribution in [2.75, 3.05) is 33.4 Å². The third-order valence-electron chi connectivity index (χ3n) is 5.44. The molecule has 2 fully saturated rings. The zero-order valence-corrected chi connectivity index (χ0v) is 15.0. The number of morpholine rings is 1. The van der Waals surface area contributed by atoms with Crippen molar-refractivity contribution >= 4 is 0 Å². The standard InChI is InChI=1S/C17H34N2O2/c1-15(2)12-13(17(5,6)21-15)14(18-7)16(3,4)19-8-10-20-11-9-19/h13-14,18H,8-12H2,1-7H3. The molecule has 2 saturated heterocycles. The summed E-state index contributed by atoms with van der Waals surface area (Å²) >= 11 is 0. The molecule has 21 heavy (non-hydrogen) atoms. The fourth-order valence-electron chi connectivity index (χ4n) is 4.51. The molecule has 2 heterocycles. The van der Waals surface area contributed by atoms with Crippen molar-refractivity contribution in [2.45, 2.75) is 70.7 Å². The number of hydrogen-bond donors (Lipinski definition) is 1. The largest absolute Gasteiger partial charge is 0.379 e. The predicted molar refractivity (Wildman–Crippen MR) is 86.7 cm³/mol. The van der Waals surface area contributed by atoms with Gasteiger partial charge in [-0.2, -0.15) is 0 Å². The lowest BCUT2D eigenvalue weighted by atomic mass is 9.73. The Hall–Kier alpha value is -0.160. The van der Waals surface area contributed by atoms with Crippen LogP contribution >= 0.6 is 0 Å². The maximum atomic E-state index is 6.33. The van der Waals surface area contributed by atoms with Crippen molar-refractivity contribution < 1.29 is 9.47 Å². The summed E-state index contributed by atoms with van der Waals surface area (Å²) in [5, 5.41) is 3.61. The second-order valence-electron chi connectivity index (χ2n) is 8.30. The van der Waals surface area contributed by atoms with Crippen LogP contribution in [0.3, 0.4) is 0 Å². The van der Waals surface area contributed by atoms with Crippen LogP contribution in [-0.4, -0.2) is 61.0 Å². The summed E-state index contributed by atoms with van der Waals surface area (Å²) in [5.74, 6) is 0.496. The van der Waals surface area contributed by atoms with Gasteiger partial charge in [-0.15, -0.1) is 0 Å². The molecule has 4 heteroatoms. The monoisotopic (exact) mass is 298 g/mol. The molecule has 0 radical (unpaired) electrons. The van der Waals surface area contributed by atoms with Crippen molar-refractivity contribution in [1.82, 2.24) is 10.2 Å². The normalized spacial score (nSPS) is 31.3. The molecule has 0 aromatic rings. The molecular weight excluding hydrogens is 264 g/mol. The van der Waals surface area contributed by atoms with Crippen LogP contribution in [0.4, 0.5) is 0 Å². The highest BCUT2D eigenvalue weighted by molar-refractivity contribution is 5.06. The van der Waals surface area contributed by atoms with Gasteiger partial charge in [0.2, 0.25) is 0 Å². The SMILES string of the molecule is CNC(C1CC(C)(C)OC1(C)C)C(C)(C)N1CCOCC1. The van der Waals surface area contributed by atoms with Gasteiger partial charge in [-0.05, 0) is 55.0 Å². The van der Waals surface area contributed by atoms with E-state index in [1.807, 2.05) is 0 Å². The molecule has 2 atom stereocenters. The molecule has 0 amide bonds. The molecule has 0 aromatic carbocycles. The van der Waals surface area contributed by atoms with Crippen molar-refractivity contribution in [3.63, 3.8) is 0 Å². The van der Waals surface area contributed by atoms with E-state index in [1.54, 1.807) is 0 Å². The average Bonchev–Trinajstić information content (AvgIpc) is 2.59. The third-order valence-corrected chi connectivity index (χ3v) is 5.44. The van der Waals surface area contributed by atoms with Gasteiger partial charge in [0.1, 0.15) is 0 Å². The lowest BCUT2D eigenvalue weighted by Crippen LogP contribution is -2.64. The van der Waals surface area contributed by atoms with Crippen molar-refractivity contribution in [3.8, 4) is 0 Å². The fourth-order valence-corrected chi connectivity index (χ4v) is 4.51. The minimum absolute atomic E-state index is 0.0373. The molecular formula is C17H34N2O2. The number of nitrogens with zero attached hydrogens (tertiary/aromatic N) is 1. The first-order valence-electron chi connectivity index (χ1n) is 8.30. The Bertz CT molecular complexity index is 360. The summed E-state index contributed by atoms with van der Waals surface area (Å²) in [6.07, 6.45) is 1.10. The second kappa shape index (κ2) is 5.80. The van der Waals surface area contributed by atoms with Gasteiger partial charge in [-0.1, -0.05) is 0 Å². The number of hydrogen-bond acceptors (Lipinski definition) is 4. The number of ether oxygens (including phenoxy) is 2. The molecule has 0 spiro atoms. The van der Waals surface area contributed by atoms with E-state index in [2.05, 4.69) is 58.8 Å². The van der Waals surface area contributed by atoms with E-state index < -0.39 is 0 Å². The van der Waals surface area contributed by atoms with Crippen molar-refractivity contribution in [3.05, 3.63) is 0 Å². The minimum Gasteiger partial charge on any atom is -0.379 e. The van der Waals surface area contributed by atoms with Crippen LogP contribution in [0.5, 0.6) is 0 Å². The molecule has 2 aliphatic rings. The van der Waals surface area contributed by atoms with Gasteiger partial charge >= 0.3 is 0 Å². The van der Waals surface area contributed by atoms with Crippen LogP contribution in [0.25, 0.3) is 0 Å². The molecule has 2 unspecified atom stereocenters. The van der Waals surface area contributed by atoms with Crippen molar-refractivity contribution in [2.24, 2.45) is 5.92 Å². The van der Waals surface area contributed by atoms with Gasteiger partial charge in [0, 0.05) is 30.6 Å². The summed E-state index contributed by atoms with van der Waals surface area (Å²) in [4.78, 5) is 2.57. The topological polar surface area (TPSA) is 33.7 Å². The lowest BCUT2D eigenvalue weighted by Gasteiger charge is -2.49. The van der Waals surface area contributed by atoms with E-state index in [0.29, 0.717) is 12.0 Å². The highest BCUT2D eigenvalue weighted by Gasteiger charge is 2.53. The highest BCUT2D eigenvalue weighted by atomic mass is 16.5. The lowest BCUT2D eigenvalue weighted by molar-refractivity contribution is -0.0887. The van der Waals surface area contributed by atoms with E-state index in [-0.39, 0.29) is 16.7 Å². The molecule has 1 N–H and O–H groups in total. The number of likely N-dealkylation sites (N-methyl/N-ethyl adjacent to an activating group) is 1. The molecule has 0 aromatic heterocycles. The van der Waals surface area contributed by atoms with E-state index in [4.69, 9.17) is 9.47 Å². The average molecular weight is 298 g/mol. The third kappa shape index (κ3) is 3.44. The first kappa shape index (κ1) is 17.2. The summed E-state index contributed by atoms with van der Waals surface area (Å²) in [7, 11) is 2.09. The first-order chi connectivity index (χ1) is 9.60. The molecule has 0 aliphatic carbocycles. The summed E-state index contributed by atoms with van der Waals surface area (Å²) in [6, 6.07) is 0.396. The smallest absolute Gasteiger partial charge is 0.0678 e. The van der Waals surface area contributed by atoms with E-state index in [1.165, 1.54) is 0 Å². The zero-order chi connectivity index (χ0) is 15.9. The quantitative estimate of drug-likeness (QED) is 0.863. The van der Waals surface area contributed by atoms with E-state index in [0.717, 1.165) is 32.7 Å². The minimum atomic E-state index is -0.0965. The van der Waals surface area contributed by atoms with Gasteiger partial charge in [-0.25, -0.2) is 0 Å². The predicted octanol–water partition coefficient (Wildman–Crippen LogP) is 2.28.